The van der Waals surface area contributed by atoms with Crippen LogP contribution in [0.15, 0.2) is 18.2 Å². The van der Waals surface area contributed by atoms with E-state index < -0.39 is 11.8 Å². The molecule has 1 spiro atoms. The van der Waals surface area contributed by atoms with Crippen molar-refractivity contribution in [3.63, 3.8) is 0 Å². The quantitative estimate of drug-likeness (QED) is 0.844. The molecule has 2 aliphatic heterocycles. The number of thiophene rings is 1. The van der Waals surface area contributed by atoms with E-state index >= 15 is 0 Å². The number of likely N-dealkylation sites (tertiary alicyclic amines) is 1. The van der Waals surface area contributed by atoms with Crippen LogP contribution in [-0.2, 0) is 9.47 Å². The number of rotatable bonds is 2. The first kappa shape index (κ1) is 15.2. The zero-order valence-electron chi connectivity index (χ0n) is 13.2. The zero-order chi connectivity index (χ0) is 16.7. The molecule has 126 valence electrons. The van der Waals surface area contributed by atoms with Crippen molar-refractivity contribution in [2.45, 2.75) is 25.4 Å². The Balaban J connectivity index is 1.43. The maximum atomic E-state index is 12.6. The van der Waals surface area contributed by atoms with Gasteiger partial charge in [-0.05, 0) is 25.1 Å². The number of nitrogens with zero attached hydrogens (tertiary/aromatic N) is 2. The SMILES string of the molecule is Cc1ccc(-c2cc(C(=O)N3CCC4(CC3)COC(=O)O4)n[nH]2)s1. The molecule has 1 N–H and O–H groups in total. The van der Waals surface area contributed by atoms with Crippen molar-refractivity contribution >= 4 is 23.4 Å². The van der Waals surface area contributed by atoms with Gasteiger partial charge in [0.1, 0.15) is 6.61 Å². The lowest BCUT2D eigenvalue weighted by molar-refractivity contribution is 0.00264. The topological polar surface area (TPSA) is 84.5 Å². The number of amides is 1. The normalized spacial score (nSPS) is 19.4. The first-order valence-corrected chi connectivity index (χ1v) is 8.64. The summed E-state index contributed by atoms with van der Waals surface area (Å²) in [5.74, 6) is -0.106. The van der Waals surface area contributed by atoms with Crippen LogP contribution < -0.4 is 0 Å². The fourth-order valence-corrected chi connectivity index (χ4v) is 3.92. The lowest BCUT2D eigenvalue weighted by Gasteiger charge is -2.35. The predicted octanol–water partition coefficient (Wildman–Crippen LogP) is 2.59. The van der Waals surface area contributed by atoms with Gasteiger partial charge in [-0.25, -0.2) is 4.79 Å². The molecule has 8 heteroatoms. The van der Waals surface area contributed by atoms with Gasteiger partial charge in [-0.15, -0.1) is 11.3 Å². The van der Waals surface area contributed by atoms with Gasteiger partial charge >= 0.3 is 6.16 Å². The van der Waals surface area contributed by atoms with Crippen LogP contribution in [0.2, 0.25) is 0 Å². The Bertz CT molecular complexity index is 789. The van der Waals surface area contributed by atoms with Gasteiger partial charge in [-0.3, -0.25) is 9.89 Å². The highest BCUT2D eigenvalue weighted by Crippen LogP contribution is 2.32. The summed E-state index contributed by atoms with van der Waals surface area (Å²) in [6.07, 6.45) is 0.565. The predicted molar refractivity (Wildman–Crippen MR) is 86.9 cm³/mol. The highest BCUT2D eigenvalue weighted by atomic mass is 32.1. The largest absolute Gasteiger partial charge is 0.509 e. The van der Waals surface area contributed by atoms with E-state index in [2.05, 4.69) is 10.2 Å². The van der Waals surface area contributed by atoms with Crippen molar-refractivity contribution in [1.82, 2.24) is 15.1 Å². The van der Waals surface area contributed by atoms with Crippen LogP contribution in [0.25, 0.3) is 10.6 Å². The Labute approximate surface area is 142 Å². The second-order valence-electron chi connectivity index (χ2n) is 6.19. The summed E-state index contributed by atoms with van der Waals surface area (Å²) in [6, 6.07) is 5.84. The van der Waals surface area contributed by atoms with Crippen molar-refractivity contribution in [2.24, 2.45) is 0 Å². The molecule has 0 unspecified atom stereocenters. The fraction of sp³-hybridized carbons (Fsp3) is 0.438. The molecule has 2 aliphatic rings. The van der Waals surface area contributed by atoms with Crippen LogP contribution in [0.4, 0.5) is 4.79 Å². The number of aromatic nitrogens is 2. The summed E-state index contributed by atoms with van der Waals surface area (Å²) in [4.78, 5) is 27.8. The smallest absolute Gasteiger partial charge is 0.430 e. The minimum atomic E-state index is -0.613. The Morgan fingerprint density at radius 2 is 2.17 bits per heavy atom. The summed E-state index contributed by atoms with van der Waals surface area (Å²) >= 11 is 1.66. The molecule has 2 saturated heterocycles. The van der Waals surface area contributed by atoms with E-state index in [0.717, 1.165) is 10.6 Å². The van der Waals surface area contributed by atoms with Gasteiger partial charge in [0.05, 0.1) is 10.6 Å². The first-order valence-electron chi connectivity index (χ1n) is 7.82. The van der Waals surface area contributed by atoms with E-state index in [9.17, 15) is 9.59 Å². The molecule has 4 rings (SSSR count). The highest BCUT2D eigenvalue weighted by Gasteiger charge is 2.45. The maximum Gasteiger partial charge on any atom is 0.509 e. The molecule has 0 radical (unpaired) electrons. The van der Waals surface area contributed by atoms with E-state index in [1.807, 2.05) is 19.1 Å². The third-order valence-electron chi connectivity index (χ3n) is 4.52. The number of cyclic esters (lactones) is 1. The monoisotopic (exact) mass is 347 g/mol. The molecule has 7 nitrogen and oxygen atoms in total. The van der Waals surface area contributed by atoms with Crippen molar-refractivity contribution in [2.75, 3.05) is 19.7 Å². The Morgan fingerprint density at radius 3 is 2.79 bits per heavy atom. The second kappa shape index (κ2) is 5.62. The van der Waals surface area contributed by atoms with Crippen LogP contribution in [0, 0.1) is 6.92 Å². The molecule has 4 heterocycles. The van der Waals surface area contributed by atoms with Crippen LogP contribution >= 0.6 is 11.3 Å². The van der Waals surface area contributed by atoms with Gasteiger partial charge in [-0.1, -0.05) is 0 Å². The molecule has 2 aromatic rings. The standard InChI is InChI=1S/C16H17N3O4S/c1-10-2-3-13(24-10)11-8-12(18-17-11)14(20)19-6-4-16(5-7-19)9-22-15(21)23-16/h2-3,8H,4-7,9H2,1H3,(H,17,18). The minimum absolute atomic E-state index is 0.106. The lowest BCUT2D eigenvalue weighted by atomic mass is 9.92. The molecule has 1 amide bonds. The molecule has 0 atom stereocenters. The molecule has 2 aromatic heterocycles. The minimum Gasteiger partial charge on any atom is -0.430 e. The number of H-pyrrole nitrogens is 1. The summed E-state index contributed by atoms with van der Waals surface area (Å²) in [7, 11) is 0. The van der Waals surface area contributed by atoms with Gasteiger partial charge in [0.15, 0.2) is 11.3 Å². The number of aryl methyl sites for hydroxylation is 1. The highest BCUT2D eigenvalue weighted by molar-refractivity contribution is 7.15. The Kier molecular flexibility index (Phi) is 3.56. The number of nitrogens with one attached hydrogen (secondary N) is 1. The van der Waals surface area contributed by atoms with Crippen LogP contribution in [-0.4, -0.2) is 52.5 Å². The number of ether oxygens (including phenoxy) is 2. The lowest BCUT2D eigenvalue weighted by Crippen LogP contribution is -2.48. The molecular weight excluding hydrogens is 330 g/mol. The molecule has 0 aliphatic carbocycles. The summed E-state index contributed by atoms with van der Waals surface area (Å²) in [6.45, 7) is 3.36. The molecule has 0 saturated carbocycles. The summed E-state index contributed by atoms with van der Waals surface area (Å²) < 4.78 is 10.2. The molecule has 2 fully saturated rings. The van der Waals surface area contributed by atoms with E-state index in [0.29, 0.717) is 31.6 Å². The number of piperidine rings is 1. The number of carbonyl (C=O) groups excluding carboxylic acids is 2. The number of carbonyl (C=O) groups is 2. The van der Waals surface area contributed by atoms with Crippen LogP contribution in [0.5, 0.6) is 0 Å². The average molecular weight is 347 g/mol. The van der Waals surface area contributed by atoms with Crippen molar-refractivity contribution < 1.29 is 19.1 Å². The average Bonchev–Trinajstić information content (AvgIpc) is 3.28. The van der Waals surface area contributed by atoms with Crippen molar-refractivity contribution in [1.29, 1.82) is 0 Å². The van der Waals surface area contributed by atoms with Gasteiger partial charge in [0, 0.05) is 30.8 Å². The molecule has 0 aromatic carbocycles. The Hall–Kier alpha value is -2.35. The Morgan fingerprint density at radius 1 is 1.38 bits per heavy atom. The van der Waals surface area contributed by atoms with Gasteiger partial charge in [0.25, 0.3) is 5.91 Å². The van der Waals surface area contributed by atoms with E-state index in [1.165, 1.54) is 4.88 Å². The third kappa shape index (κ3) is 2.66. The molecule has 0 bridgehead atoms. The van der Waals surface area contributed by atoms with Crippen LogP contribution in [0.1, 0.15) is 28.2 Å². The van der Waals surface area contributed by atoms with Crippen molar-refractivity contribution in [3.05, 3.63) is 28.8 Å². The second-order valence-corrected chi connectivity index (χ2v) is 7.48. The van der Waals surface area contributed by atoms with Gasteiger partial charge in [-0.2, -0.15) is 5.10 Å². The maximum absolute atomic E-state index is 12.6. The summed E-state index contributed by atoms with van der Waals surface area (Å²) in [5.41, 5.74) is 0.703. The van der Waals surface area contributed by atoms with Crippen molar-refractivity contribution in [3.8, 4) is 10.6 Å². The van der Waals surface area contributed by atoms with E-state index in [-0.39, 0.29) is 12.5 Å². The number of aromatic amines is 1. The fourth-order valence-electron chi connectivity index (χ4n) is 3.09. The zero-order valence-corrected chi connectivity index (χ0v) is 14.0. The van der Waals surface area contributed by atoms with Gasteiger partial charge < -0.3 is 14.4 Å². The van der Waals surface area contributed by atoms with Crippen LogP contribution in [0.3, 0.4) is 0 Å². The van der Waals surface area contributed by atoms with E-state index in [4.69, 9.17) is 9.47 Å². The third-order valence-corrected chi connectivity index (χ3v) is 5.55. The van der Waals surface area contributed by atoms with Gasteiger partial charge in [0.2, 0.25) is 0 Å². The molecular formula is C16H17N3O4S. The first-order chi connectivity index (χ1) is 11.5. The molecule has 24 heavy (non-hydrogen) atoms. The summed E-state index contributed by atoms with van der Waals surface area (Å²) in [5, 5.41) is 7.09. The van der Waals surface area contributed by atoms with E-state index in [1.54, 1.807) is 22.3 Å². The number of hydrogen-bond donors (Lipinski definition) is 1. The number of hydrogen-bond acceptors (Lipinski definition) is 6.